The molecule has 0 spiro atoms. The van der Waals surface area contributed by atoms with E-state index in [4.69, 9.17) is 16.2 Å². The van der Waals surface area contributed by atoms with E-state index in [1.165, 1.54) is 0 Å². The lowest BCUT2D eigenvalue weighted by molar-refractivity contribution is -0.126. The van der Waals surface area contributed by atoms with Gasteiger partial charge in [-0.05, 0) is 18.9 Å². The van der Waals surface area contributed by atoms with Gasteiger partial charge in [0, 0.05) is 12.6 Å². The highest BCUT2D eigenvalue weighted by molar-refractivity contribution is 5.98. The first-order chi connectivity index (χ1) is 9.92. The maximum Gasteiger partial charge on any atom is 0.253 e. The van der Waals surface area contributed by atoms with Crippen molar-refractivity contribution < 1.29 is 23.1 Å². The summed E-state index contributed by atoms with van der Waals surface area (Å²) < 4.78 is 32.3. The van der Waals surface area contributed by atoms with E-state index in [1.54, 1.807) is 0 Å². The van der Waals surface area contributed by atoms with Gasteiger partial charge < -0.3 is 21.5 Å². The summed E-state index contributed by atoms with van der Waals surface area (Å²) in [4.78, 5) is 23.0. The molecule has 0 bridgehead atoms. The molecular formula is C13H15F2N3O3. The minimum absolute atomic E-state index is 0.208. The fourth-order valence-electron chi connectivity index (χ4n) is 2.12. The van der Waals surface area contributed by atoms with Gasteiger partial charge in [0.05, 0.1) is 17.4 Å². The molecule has 1 aromatic rings. The lowest BCUT2D eigenvalue weighted by Crippen LogP contribution is -2.30. The van der Waals surface area contributed by atoms with Gasteiger partial charge in [-0.1, -0.05) is 0 Å². The number of nitrogens with two attached hydrogens (primary N) is 2. The Hall–Kier alpha value is -2.06. The Bertz CT molecular complexity index is 580. The number of nitrogens with one attached hydrogen (secondary N) is 1. The quantitative estimate of drug-likeness (QED) is 0.752. The van der Waals surface area contributed by atoms with Crippen LogP contribution in [0.4, 0.5) is 14.5 Å². The van der Waals surface area contributed by atoms with E-state index in [1.807, 2.05) is 0 Å². The van der Waals surface area contributed by atoms with Crippen LogP contribution in [0.1, 0.15) is 23.2 Å². The van der Waals surface area contributed by atoms with Gasteiger partial charge in [-0.25, -0.2) is 8.78 Å². The second-order valence-corrected chi connectivity index (χ2v) is 4.73. The monoisotopic (exact) mass is 299 g/mol. The van der Waals surface area contributed by atoms with E-state index < -0.39 is 35.1 Å². The number of hydrogen-bond donors (Lipinski definition) is 3. The van der Waals surface area contributed by atoms with Gasteiger partial charge in [0.15, 0.2) is 0 Å². The Morgan fingerprint density at radius 2 is 2.00 bits per heavy atom. The second kappa shape index (κ2) is 6.15. The Morgan fingerprint density at radius 1 is 1.29 bits per heavy atom. The van der Waals surface area contributed by atoms with Crippen molar-refractivity contribution >= 4 is 17.5 Å². The molecule has 0 radical (unpaired) electrons. The van der Waals surface area contributed by atoms with Crippen molar-refractivity contribution in [2.24, 2.45) is 11.5 Å². The molecule has 2 atom stereocenters. The number of anilines is 1. The van der Waals surface area contributed by atoms with Crippen LogP contribution in [0.5, 0.6) is 0 Å². The summed E-state index contributed by atoms with van der Waals surface area (Å²) in [5.41, 5.74) is 9.58. The third-order valence-corrected chi connectivity index (χ3v) is 3.24. The number of carbonyl (C=O) groups excluding carboxylic acids is 2. The maximum absolute atomic E-state index is 13.6. The molecule has 5 N–H and O–H groups in total. The summed E-state index contributed by atoms with van der Waals surface area (Å²) >= 11 is 0. The summed E-state index contributed by atoms with van der Waals surface area (Å²) in [6.07, 6.45) is 0.131. The molecule has 1 heterocycles. The summed E-state index contributed by atoms with van der Waals surface area (Å²) in [7, 11) is 0. The molecule has 1 fully saturated rings. The Balaban J connectivity index is 2.14. The predicted octanol–water partition coefficient (Wildman–Crippen LogP) is 0.508. The molecule has 1 aromatic carbocycles. The van der Waals surface area contributed by atoms with Gasteiger partial charge in [-0.2, -0.15) is 0 Å². The van der Waals surface area contributed by atoms with Crippen molar-refractivity contribution in [3.8, 4) is 0 Å². The number of benzene rings is 1. The van der Waals surface area contributed by atoms with E-state index in [0.29, 0.717) is 25.5 Å². The Labute approximate surface area is 119 Å². The number of rotatable bonds is 4. The number of carbonyl (C=O) groups is 2. The van der Waals surface area contributed by atoms with Gasteiger partial charge >= 0.3 is 0 Å². The van der Waals surface area contributed by atoms with Crippen molar-refractivity contribution in [1.82, 2.24) is 0 Å². The smallest absolute Gasteiger partial charge is 0.253 e. The topological polar surface area (TPSA) is 107 Å². The lowest BCUT2D eigenvalue weighted by Gasteiger charge is -2.13. The molecule has 2 rings (SSSR count). The molecule has 1 aliphatic rings. The molecule has 0 aromatic heterocycles. The minimum atomic E-state index is -1.08. The summed E-state index contributed by atoms with van der Waals surface area (Å²) in [6.45, 7) is 0.292. The standard InChI is InChI=1S/C13H15F2N3O3/c14-8-4-9(15)10(3-7(8)12(17)19)18-13(20)11-2-1-6(5-16)21-11/h3-4,6,11H,1-2,5,16H2,(H2,17,19)(H,18,20). The van der Waals surface area contributed by atoms with E-state index in [9.17, 15) is 18.4 Å². The normalized spacial score (nSPS) is 21.3. The van der Waals surface area contributed by atoms with Gasteiger partial charge in [0.25, 0.3) is 11.8 Å². The van der Waals surface area contributed by atoms with Crippen LogP contribution < -0.4 is 16.8 Å². The maximum atomic E-state index is 13.6. The average molecular weight is 299 g/mol. The molecule has 2 unspecified atom stereocenters. The van der Waals surface area contributed by atoms with Gasteiger partial charge in [-0.15, -0.1) is 0 Å². The first kappa shape index (κ1) is 15.3. The van der Waals surface area contributed by atoms with Crippen molar-refractivity contribution in [2.75, 3.05) is 11.9 Å². The van der Waals surface area contributed by atoms with Crippen molar-refractivity contribution in [3.63, 3.8) is 0 Å². The largest absolute Gasteiger partial charge is 0.366 e. The van der Waals surface area contributed by atoms with Crippen LogP contribution in [0.15, 0.2) is 12.1 Å². The van der Waals surface area contributed by atoms with Crippen LogP contribution in [-0.4, -0.2) is 30.6 Å². The molecule has 1 saturated heterocycles. The highest BCUT2D eigenvalue weighted by atomic mass is 19.1. The third-order valence-electron chi connectivity index (χ3n) is 3.24. The van der Waals surface area contributed by atoms with E-state index in [2.05, 4.69) is 5.32 Å². The fourth-order valence-corrected chi connectivity index (χ4v) is 2.12. The molecule has 6 nitrogen and oxygen atoms in total. The third kappa shape index (κ3) is 3.34. The van der Waals surface area contributed by atoms with Crippen LogP contribution in [0.25, 0.3) is 0 Å². The lowest BCUT2D eigenvalue weighted by atomic mass is 10.1. The van der Waals surface area contributed by atoms with Crippen LogP contribution in [0, 0.1) is 11.6 Å². The van der Waals surface area contributed by atoms with Crippen molar-refractivity contribution in [1.29, 1.82) is 0 Å². The number of ether oxygens (including phenoxy) is 1. The zero-order valence-electron chi connectivity index (χ0n) is 11.1. The summed E-state index contributed by atoms with van der Waals surface area (Å²) in [5.74, 6) is -3.72. The van der Waals surface area contributed by atoms with E-state index >= 15 is 0 Å². The molecule has 2 amide bonds. The number of hydrogen-bond acceptors (Lipinski definition) is 4. The zero-order valence-corrected chi connectivity index (χ0v) is 11.1. The summed E-state index contributed by atoms with van der Waals surface area (Å²) in [6, 6.07) is 1.36. The van der Waals surface area contributed by atoms with Crippen molar-refractivity contribution in [2.45, 2.75) is 25.0 Å². The first-order valence-electron chi connectivity index (χ1n) is 6.37. The Kier molecular flexibility index (Phi) is 4.49. The van der Waals surface area contributed by atoms with E-state index in [0.717, 1.165) is 6.07 Å². The van der Waals surface area contributed by atoms with Gasteiger partial charge in [-0.3, -0.25) is 9.59 Å². The molecule has 0 aliphatic carbocycles. The Morgan fingerprint density at radius 3 is 2.57 bits per heavy atom. The van der Waals surface area contributed by atoms with Gasteiger partial charge in [0.2, 0.25) is 0 Å². The highest BCUT2D eigenvalue weighted by Gasteiger charge is 2.30. The predicted molar refractivity (Wildman–Crippen MR) is 70.5 cm³/mol. The SMILES string of the molecule is NCC1CCC(C(=O)Nc2cc(C(N)=O)c(F)cc2F)O1. The van der Waals surface area contributed by atoms with Crippen LogP contribution in [0.2, 0.25) is 0 Å². The molecule has 0 saturated carbocycles. The molecule has 21 heavy (non-hydrogen) atoms. The molecular weight excluding hydrogens is 284 g/mol. The van der Waals surface area contributed by atoms with Gasteiger partial charge in [0.1, 0.15) is 17.7 Å². The number of primary amides is 1. The fraction of sp³-hybridized carbons (Fsp3) is 0.385. The average Bonchev–Trinajstić information content (AvgIpc) is 2.90. The number of amides is 2. The summed E-state index contributed by atoms with van der Waals surface area (Å²) in [5, 5.41) is 2.27. The van der Waals surface area contributed by atoms with Crippen molar-refractivity contribution in [3.05, 3.63) is 29.3 Å². The molecule has 114 valence electrons. The zero-order chi connectivity index (χ0) is 15.6. The second-order valence-electron chi connectivity index (χ2n) is 4.73. The van der Waals surface area contributed by atoms with E-state index in [-0.39, 0.29) is 11.8 Å². The highest BCUT2D eigenvalue weighted by Crippen LogP contribution is 2.23. The molecule has 8 heteroatoms. The molecule has 1 aliphatic heterocycles. The minimum Gasteiger partial charge on any atom is -0.366 e. The first-order valence-corrected chi connectivity index (χ1v) is 6.37. The number of halogens is 2. The van der Waals surface area contributed by atoms with Crippen LogP contribution in [0.3, 0.4) is 0 Å². The van der Waals surface area contributed by atoms with Crippen LogP contribution >= 0.6 is 0 Å². The van der Waals surface area contributed by atoms with Crippen LogP contribution in [-0.2, 0) is 9.53 Å².